The molecule has 17 heavy (non-hydrogen) atoms. The van der Waals surface area contributed by atoms with Gasteiger partial charge in [0, 0.05) is 6.61 Å². The van der Waals surface area contributed by atoms with E-state index in [-0.39, 0.29) is 13.2 Å². The molecule has 1 atom stereocenters. The largest absolute Gasteiger partial charge is 0.479 e. The Labute approximate surface area is 98.7 Å². The summed E-state index contributed by atoms with van der Waals surface area (Å²) in [7, 11) is 0. The van der Waals surface area contributed by atoms with Gasteiger partial charge in [-0.2, -0.15) is 0 Å². The smallest absolute Gasteiger partial charge is 0.337 e. The van der Waals surface area contributed by atoms with Gasteiger partial charge in [0.25, 0.3) is 0 Å². The van der Waals surface area contributed by atoms with Gasteiger partial charge in [0.05, 0.1) is 6.61 Å². The molecule has 1 aromatic carbocycles. The van der Waals surface area contributed by atoms with E-state index in [9.17, 15) is 9.18 Å². The minimum Gasteiger partial charge on any atom is -0.479 e. The van der Waals surface area contributed by atoms with Crippen LogP contribution in [0.25, 0.3) is 0 Å². The van der Waals surface area contributed by atoms with Gasteiger partial charge in [-0.15, -0.1) is 0 Å². The van der Waals surface area contributed by atoms with Crippen LogP contribution in [0.3, 0.4) is 0 Å². The average molecular weight is 242 g/mol. The van der Waals surface area contributed by atoms with E-state index in [0.29, 0.717) is 17.5 Å². The Hall–Kier alpha value is -1.46. The van der Waals surface area contributed by atoms with Gasteiger partial charge in [-0.25, -0.2) is 9.18 Å². The third-order valence-electron chi connectivity index (χ3n) is 2.34. The predicted molar refractivity (Wildman–Crippen MR) is 59.2 cm³/mol. The number of rotatable bonds is 6. The molecular weight excluding hydrogens is 227 g/mol. The maximum Gasteiger partial charge on any atom is 0.337 e. The lowest BCUT2D eigenvalue weighted by atomic mass is 10.0. The van der Waals surface area contributed by atoms with Crippen LogP contribution in [0, 0.1) is 12.7 Å². The highest BCUT2D eigenvalue weighted by Gasteiger charge is 2.22. The van der Waals surface area contributed by atoms with E-state index in [1.54, 1.807) is 6.92 Å². The number of carboxylic acid groups (broad SMARTS) is 1. The van der Waals surface area contributed by atoms with Gasteiger partial charge in [-0.05, 0) is 36.6 Å². The first-order valence-electron chi connectivity index (χ1n) is 5.27. The van der Waals surface area contributed by atoms with Crippen molar-refractivity contribution >= 4 is 5.97 Å². The number of halogens is 1. The van der Waals surface area contributed by atoms with Crippen molar-refractivity contribution in [2.45, 2.75) is 19.4 Å². The fraction of sp³-hybridized carbons (Fsp3) is 0.417. The molecule has 4 nitrogen and oxygen atoms in total. The highest BCUT2D eigenvalue weighted by atomic mass is 19.1. The van der Waals surface area contributed by atoms with Crippen molar-refractivity contribution in [3.63, 3.8) is 0 Å². The Morgan fingerprint density at radius 1 is 1.53 bits per heavy atom. The van der Waals surface area contributed by atoms with E-state index < -0.39 is 17.9 Å². The van der Waals surface area contributed by atoms with Crippen molar-refractivity contribution in [3.05, 3.63) is 35.1 Å². The molecule has 0 heterocycles. The second-order valence-corrected chi connectivity index (χ2v) is 3.67. The van der Waals surface area contributed by atoms with E-state index in [1.165, 1.54) is 12.1 Å². The first-order valence-corrected chi connectivity index (χ1v) is 5.27. The minimum absolute atomic E-state index is 0.0749. The predicted octanol–water partition coefficient (Wildman–Crippen LogP) is 1.66. The molecule has 0 radical (unpaired) electrons. The third kappa shape index (κ3) is 3.80. The molecule has 0 amide bonds. The Bertz CT molecular complexity index is 392. The Morgan fingerprint density at radius 2 is 2.24 bits per heavy atom. The monoisotopic (exact) mass is 242 g/mol. The van der Waals surface area contributed by atoms with Gasteiger partial charge in [0.1, 0.15) is 5.82 Å². The summed E-state index contributed by atoms with van der Waals surface area (Å²) in [6.45, 7) is 1.73. The van der Waals surface area contributed by atoms with Crippen molar-refractivity contribution in [2.24, 2.45) is 0 Å². The van der Waals surface area contributed by atoms with Gasteiger partial charge in [-0.1, -0.05) is 6.07 Å². The van der Waals surface area contributed by atoms with E-state index in [2.05, 4.69) is 0 Å². The first kappa shape index (κ1) is 13.6. The van der Waals surface area contributed by atoms with Gasteiger partial charge >= 0.3 is 5.97 Å². The van der Waals surface area contributed by atoms with Crippen molar-refractivity contribution in [1.82, 2.24) is 0 Å². The summed E-state index contributed by atoms with van der Waals surface area (Å²) in [5.74, 6) is -1.67. The lowest BCUT2D eigenvalue weighted by molar-refractivity contribution is -0.151. The van der Waals surface area contributed by atoms with Crippen molar-refractivity contribution in [3.8, 4) is 0 Å². The molecule has 0 spiro atoms. The Morgan fingerprint density at radius 3 is 2.82 bits per heavy atom. The van der Waals surface area contributed by atoms with E-state index in [0.717, 1.165) is 6.07 Å². The molecule has 0 saturated heterocycles. The Kier molecular flexibility index (Phi) is 5.06. The second kappa shape index (κ2) is 6.32. The molecule has 2 N–H and O–H groups in total. The molecule has 0 aliphatic rings. The summed E-state index contributed by atoms with van der Waals surface area (Å²) in [4.78, 5) is 11.0. The SMILES string of the molecule is Cc1ccc(F)cc1C(OCCCO)C(=O)O. The van der Waals surface area contributed by atoms with Crippen LogP contribution < -0.4 is 0 Å². The van der Waals surface area contributed by atoms with Crippen molar-refractivity contribution < 1.29 is 24.1 Å². The molecule has 1 aromatic rings. The number of aliphatic hydroxyl groups excluding tert-OH is 1. The maximum absolute atomic E-state index is 13.1. The fourth-order valence-electron chi connectivity index (χ4n) is 1.45. The molecule has 1 unspecified atom stereocenters. The van der Waals surface area contributed by atoms with Crippen LogP contribution >= 0.6 is 0 Å². The average Bonchev–Trinajstić information content (AvgIpc) is 2.28. The van der Waals surface area contributed by atoms with Gasteiger partial charge < -0.3 is 14.9 Å². The maximum atomic E-state index is 13.1. The summed E-state index contributed by atoms with van der Waals surface area (Å²) in [5.41, 5.74) is 0.957. The highest BCUT2D eigenvalue weighted by Crippen LogP contribution is 2.22. The summed E-state index contributed by atoms with van der Waals surface area (Å²) < 4.78 is 18.2. The number of aryl methyl sites for hydroxylation is 1. The molecule has 1 rings (SSSR count). The number of ether oxygens (including phenoxy) is 1. The van der Waals surface area contributed by atoms with Crippen LogP contribution in [-0.4, -0.2) is 29.4 Å². The molecule has 0 aliphatic carbocycles. The molecular formula is C12H15FO4. The zero-order chi connectivity index (χ0) is 12.8. The summed E-state index contributed by atoms with van der Waals surface area (Å²) in [6.07, 6.45) is -0.852. The molecule has 94 valence electrons. The zero-order valence-corrected chi connectivity index (χ0v) is 9.52. The number of aliphatic carboxylic acids is 1. The summed E-state index contributed by atoms with van der Waals surface area (Å²) in [5, 5.41) is 17.6. The van der Waals surface area contributed by atoms with E-state index in [4.69, 9.17) is 14.9 Å². The number of hydrogen-bond acceptors (Lipinski definition) is 3. The molecule has 5 heteroatoms. The zero-order valence-electron chi connectivity index (χ0n) is 9.52. The van der Waals surface area contributed by atoms with Crippen LogP contribution in [0.1, 0.15) is 23.7 Å². The van der Waals surface area contributed by atoms with Crippen molar-refractivity contribution in [2.75, 3.05) is 13.2 Å². The molecule has 0 aromatic heterocycles. The normalized spacial score (nSPS) is 12.4. The standard InChI is InChI=1S/C12H15FO4/c1-8-3-4-9(13)7-10(8)11(12(15)16)17-6-2-5-14/h3-4,7,11,14H,2,5-6H2,1H3,(H,15,16). The van der Waals surface area contributed by atoms with Crippen LogP contribution in [0.4, 0.5) is 4.39 Å². The van der Waals surface area contributed by atoms with Gasteiger partial charge in [0.15, 0.2) is 6.10 Å². The second-order valence-electron chi connectivity index (χ2n) is 3.67. The Balaban J connectivity index is 2.89. The minimum atomic E-state index is -1.20. The van der Waals surface area contributed by atoms with Crippen LogP contribution in [0.2, 0.25) is 0 Å². The molecule has 0 bridgehead atoms. The van der Waals surface area contributed by atoms with Crippen LogP contribution in [-0.2, 0) is 9.53 Å². The topological polar surface area (TPSA) is 66.8 Å². The number of carbonyl (C=O) groups is 1. The molecule has 0 saturated carbocycles. The molecule has 0 aliphatic heterocycles. The van der Waals surface area contributed by atoms with Crippen LogP contribution in [0.5, 0.6) is 0 Å². The van der Waals surface area contributed by atoms with Gasteiger partial charge in [-0.3, -0.25) is 0 Å². The van der Waals surface area contributed by atoms with Gasteiger partial charge in [0.2, 0.25) is 0 Å². The van der Waals surface area contributed by atoms with Crippen LogP contribution in [0.15, 0.2) is 18.2 Å². The van der Waals surface area contributed by atoms with Crippen molar-refractivity contribution in [1.29, 1.82) is 0 Å². The number of benzene rings is 1. The summed E-state index contributed by atoms with van der Waals surface area (Å²) >= 11 is 0. The first-order chi connectivity index (χ1) is 8.06. The summed E-state index contributed by atoms with van der Waals surface area (Å²) in [6, 6.07) is 3.94. The third-order valence-corrected chi connectivity index (χ3v) is 2.34. The fourth-order valence-corrected chi connectivity index (χ4v) is 1.45. The number of hydrogen-bond donors (Lipinski definition) is 2. The molecule has 0 fully saturated rings. The van der Waals surface area contributed by atoms with E-state index in [1.807, 2.05) is 0 Å². The quantitative estimate of drug-likeness (QED) is 0.744. The lowest BCUT2D eigenvalue weighted by Gasteiger charge is -2.16. The lowest BCUT2D eigenvalue weighted by Crippen LogP contribution is -2.17. The number of aliphatic hydroxyl groups is 1. The number of carboxylic acids is 1. The van der Waals surface area contributed by atoms with E-state index >= 15 is 0 Å². The highest BCUT2D eigenvalue weighted by molar-refractivity contribution is 5.75.